The van der Waals surface area contributed by atoms with Crippen LogP contribution in [0.5, 0.6) is 0 Å². The van der Waals surface area contributed by atoms with Crippen LogP contribution in [0.4, 0.5) is 0 Å². The van der Waals surface area contributed by atoms with E-state index in [9.17, 15) is 14.7 Å². The molecule has 2 heterocycles. The Morgan fingerprint density at radius 1 is 1.16 bits per heavy atom. The number of hydrogen-bond acceptors (Lipinski definition) is 3. The first-order valence-corrected chi connectivity index (χ1v) is 8.48. The lowest BCUT2D eigenvalue weighted by molar-refractivity contribution is -0.149. The minimum atomic E-state index is -0.987. The highest BCUT2D eigenvalue weighted by Crippen LogP contribution is 2.41. The van der Waals surface area contributed by atoms with Gasteiger partial charge in [0, 0.05) is 26.2 Å². The van der Waals surface area contributed by atoms with Gasteiger partial charge in [0.15, 0.2) is 0 Å². The molecule has 2 atom stereocenters. The lowest BCUT2D eigenvalue weighted by atomic mass is 9.81. The van der Waals surface area contributed by atoms with Crippen LogP contribution < -0.4 is 5.32 Å². The van der Waals surface area contributed by atoms with Gasteiger partial charge < -0.3 is 15.3 Å². The van der Waals surface area contributed by atoms with Crippen molar-refractivity contribution in [1.29, 1.82) is 0 Å². The standard InChI is InChI=1S/C20H20N2O3/c23-18-17-10-21-12-20(17,19(24)25)13-22(18)11-15-8-4-5-9-16(15)14-6-2-1-3-7-14/h1-9,17,21H,10-13H2,(H,24,25)/t17-,20-/m0/s1. The average molecular weight is 336 g/mol. The highest BCUT2D eigenvalue weighted by Gasteiger charge is 2.59. The highest BCUT2D eigenvalue weighted by atomic mass is 16.4. The molecule has 2 aromatic rings. The largest absolute Gasteiger partial charge is 0.481 e. The number of nitrogens with one attached hydrogen (secondary N) is 1. The zero-order valence-electron chi connectivity index (χ0n) is 13.8. The van der Waals surface area contributed by atoms with Gasteiger partial charge in [0.1, 0.15) is 5.41 Å². The highest BCUT2D eigenvalue weighted by molar-refractivity contribution is 5.92. The number of aliphatic carboxylic acids is 1. The maximum absolute atomic E-state index is 12.8. The fourth-order valence-electron chi connectivity index (χ4n) is 4.08. The molecule has 0 saturated carbocycles. The normalized spacial score (nSPS) is 25.2. The topological polar surface area (TPSA) is 69.6 Å². The quantitative estimate of drug-likeness (QED) is 0.896. The van der Waals surface area contributed by atoms with E-state index in [1.54, 1.807) is 4.90 Å². The Kier molecular flexibility index (Phi) is 3.81. The van der Waals surface area contributed by atoms with Gasteiger partial charge in [-0.3, -0.25) is 9.59 Å². The molecule has 2 N–H and O–H groups in total. The molecule has 0 radical (unpaired) electrons. The number of hydrogen-bond donors (Lipinski definition) is 2. The van der Waals surface area contributed by atoms with Gasteiger partial charge in [-0.15, -0.1) is 0 Å². The summed E-state index contributed by atoms with van der Waals surface area (Å²) < 4.78 is 0. The molecule has 5 nitrogen and oxygen atoms in total. The first kappa shape index (κ1) is 15.8. The van der Waals surface area contributed by atoms with Crippen LogP contribution in [0.25, 0.3) is 11.1 Å². The Morgan fingerprint density at radius 3 is 2.60 bits per heavy atom. The summed E-state index contributed by atoms with van der Waals surface area (Å²) in [6, 6.07) is 18.0. The molecule has 2 saturated heterocycles. The first-order chi connectivity index (χ1) is 12.1. The number of carboxylic acids is 1. The van der Waals surface area contributed by atoms with E-state index in [0.717, 1.165) is 16.7 Å². The molecule has 2 fully saturated rings. The Bertz CT molecular complexity index is 821. The second-order valence-corrected chi connectivity index (χ2v) is 6.86. The number of carbonyl (C=O) groups is 2. The Hall–Kier alpha value is -2.66. The number of benzene rings is 2. The fraction of sp³-hybridized carbons (Fsp3) is 0.300. The molecule has 128 valence electrons. The van der Waals surface area contributed by atoms with Crippen molar-refractivity contribution in [3.05, 3.63) is 60.2 Å². The molecule has 2 aliphatic rings. The molecule has 0 bridgehead atoms. The van der Waals surface area contributed by atoms with E-state index in [-0.39, 0.29) is 12.5 Å². The van der Waals surface area contributed by atoms with Crippen molar-refractivity contribution in [3.63, 3.8) is 0 Å². The van der Waals surface area contributed by atoms with E-state index in [1.807, 2.05) is 54.6 Å². The van der Waals surface area contributed by atoms with E-state index in [2.05, 4.69) is 5.32 Å². The summed E-state index contributed by atoms with van der Waals surface area (Å²) in [6.45, 7) is 1.51. The third-order valence-electron chi connectivity index (χ3n) is 5.43. The molecule has 0 spiro atoms. The average Bonchev–Trinajstić information content (AvgIpc) is 3.16. The zero-order valence-corrected chi connectivity index (χ0v) is 13.8. The van der Waals surface area contributed by atoms with E-state index in [0.29, 0.717) is 19.6 Å². The van der Waals surface area contributed by atoms with Crippen LogP contribution in [0.15, 0.2) is 54.6 Å². The van der Waals surface area contributed by atoms with Gasteiger partial charge in [0.2, 0.25) is 5.91 Å². The number of carbonyl (C=O) groups excluding carboxylic acids is 1. The Balaban J connectivity index is 1.64. The van der Waals surface area contributed by atoms with Crippen LogP contribution in [-0.2, 0) is 16.1 Å². The number of rotatable bonds is 4. The minimum absolute atomic E-state index is 0.0599. The summed E-state index contributed by atoms with van der Waals surface area (Å²) in [5.41, 5.74) is 2.23. The molecule has 2 aliphatic heterocycles. The minimum Gasteiger partial charge on any atom is -0.481 e. The molecule has 5 heteroatoms. The number of nitrogens with zero attached hydrogens (tertiary/aromatic N) is 1. The smallest absolute Gasteiger partial charge is 0.313 e. The van der Waals surface area contributed by atoms with E-state index in [4.69, 9.17) is 0 Å². The molecule has 0 unspecified atom stereocenters. The monoisotopic (exact) mass is 336 g/mol. The third-order valence-corrected chi connectivity index (χ3v) is 5.43. The molecule has 25 heavy (non-hydrogen) atoms. The van der Waals surface area contributed by atoms with Crippen molar-refractivity contribution in [2.24, 2.45) is 11.3 Å². The lowest BCUT2D eigenvalue weighted by Crippen LogP contribution is -2.40. The first-order valence-electron chi connectivity index (χ1n) is 8.48. The predicted molar refractivity (Wildman–Crippen MR) is 93.7 cm³/mol. The van der Waals surface area contributed by atoms with Crippen LogP contribution in [0.2, 0.25) is 0 Å². The van der Waals surface area contributed by atoms with Gasteiger partial charge in [-0.05, 0) is 16.7 Å². The summed E-state index contributed by atoms with van der Waals surface area (Å²) in [6.07, 6.45) is 0. The molecule has 0 aromatic heterocycles. The lowest BCUT2D eigenvalue weighted by Gasteiger charge is -2.23. The van der Waals surface area contributed by atoms with Crippen molar-refractivity contribution < 1.29 is 14.7 Å². The number of likely N-dealkylation sites (tertiary alicyclic amines) is 1. The van der Waals surface area contributed by atoms with Gasteiger partial charge in [-0.1, -0.05) is 54.6 Å². The maximum Gasteiger partial charge on any atom is 0.313 e. The number of fused-ring (bicyclic) bond motifs is 1. The second kappa shape index (κ2) is 6.01. The van der Waals surface area contributed by atoms with Crippen LogP contribution >= 0.6 is 0 Å². The van der Waals surface area contributed by atoms with Gasteiger partial charge in [0.25, 0.3) is 0 Å². The van der Waals surface area contributed by atoms with Crippen molar-refractivity contribution in [2.75, 3.05) is 19.6 Å². The SMILES string of the molecule is O=C1[C@@H]2CNC[C@]2(C(=O)O)CN1Cc1ccccc1-c1ccccc1. The predicted octanol–water partition coefficient (Wildman–Crippen LogP) is 1.99. The Labute approximate surface area is 146 Å². The van der Waals surface area contributed by atoms with Crippen LogP contribution in [0.1, 0.15) is 5.56 Å². The molecule has 0 aliphatic carbocycles. The van der Waals surface area contributed by atoms with Crippen molar-refractivity contribution in [2.45, 2.75) is 6.54 Å². The van der Waals surface area contributed by atoms with Crippen molar-refractivity contribution in [1.82, 2.24) is 10.2 Å². The van der Waals surface area contributed by atoms with E-state index >= 15 is 0 Å². The van der Waals surface area contributed by atoms with Gasteiger partial charge in [-0.25, -0.2) is 0 Å². The summed E-state index contributed by atoms with van der Waals surface area (Å²) in [7, 11) is 0. The third kappa shape index (κ3) is 2.51. The maximum atomic E-state index is 12.8. The van der Waals surface area contributed by atoms with Crippen LogP contribution in [-0.4, -0.2) is 41.5 Å². The molecular formula is C20H20N2O3. The summed E-state index contributed by atoms with van der Waals surface area (Å²) in [4.78, 5) is 26.3. The van der Waals surface area contributed by atoms with E-state index in [1.165, 1.54) is 0 Å². The second-order valence-electron chi connectivity index (χ2n) is 6.86. The van der Waals surface area contributed by atoms with Gasteiger partial charge in [-0.2, -0.15) is 0 Å². The molecular weight excluding hydrogens is 316 g/mol. The molecule has 2 aromatic carbocycles. The van der Waals surface area contributed by atoms with Crippen molar-refractivity contribution in [3.8, 4) is 11.1 Å². The molecule has 4 rings (SSSR count). The summed E-state index contributed by atoms with van der Waals surface area (Å²) in [5.74, 6) is -1.40. The van der Waals surface area contributed by atoms with Crippen molar-refractivity contribution >= 4 is 11.9 Å². The van der Waals surface area contributed by atoms with Gasteiger partial charge >= 0.3 is 5.97 Å². The fourth-order valence-corrected chi connectivity index (χ4v) is 4.08. The molecule has 1 amide bonds. The number of amides is 1. The summed E-state index contributed by atoms with van der Waals surface area (Å²) in [5, 5.41) is 12.8. The zero-order chi connectivity index (χ0) is 17.4. The van der Waals surface area contributed by atoms with Gasteiger partial charge in [0.05, 0.1) is 5.92 Å². The van der Waals surface area contributed by atoms with E-state index < -0.39 is 17.3 Å². The summed E-state index contributed by atoms with van der Waals surface area (Å²) >= 11 is 0. The van der Waals surface area contributed by atoms with Crippen LogP contribution in [0.3, 0.4) is 0 Å². The number of carboxylic acid groups (broad SMARTS) is 1. The van der Waals surface area contributed by atoms with Crippen LogP contribution in [0, 0.1) is 11.3 Å². The Morgan fingerprint density at radius 2 is 1.88 bits per heavy atom.